The summed E-state index contributed by atoms with van der Waals surface area (Å²) in [5, 5.41) is 3.30. The van der Waals surface area contributed by atoms with Crippen molar-refractivity contribution < 1.29 is 14.2 Å². The van der Waals surface area contributed by atoms with Crippen LogP contribution in [0.25, 0.3) is 11.3 Å². The van der Waals surface area contributed by atoms with Gasteiger partial charge in [-0.3, -0.25) is 0 Å². The highest BCUT2D eigenvalue weighted by molar-refractivity contribution is 5.61. The predicted molar refractivity (Wildman–Crippen MR) is 110 cm³/mol. The van der Waals surface area contributed by atoms with E-state index in [0.717, 1.165) is 40.5 Å². The molecule has 0 unspecified atom stereocenters. The van der Waals surface area contributed by atoms with Gasteiger partial charge in [0.1, 0.15) is 5.75 Å². The van der Waals surface area contributed by atoms with Crippen molar-refractivity contribution in [1.29, 1.82) is 0 Å². The van der Waals surface area contributed by atoms with E-state index in [0.29, 0.717) is 12.5 Å². The second-order valence-electron chi connectivity index (χ2n) is 6.26. The van der Waals surface area contributed by atoms with Crippen LogP contribution in [0, 0.1) is 6.92 Å². The van der Waals surface area contributed by atoms with Crippen LogP contribution in [0.2, 0.25) is 0 Å². The van der Waals surface area contributed by atoms with Crippen LogP contribution in [0.15, 0.2) is 48.7 Å². The van der Waals surface area contributed by atoms with E-state index in [1.807, 2.05) is 43.3 Å². The molecule has 6 heteroatoms. The molecular weight excluding hydrogens is 354 g/mol. The van der Waals surface area contributed by atoms with Crippen LogP contribution in [0.1, 0.15) is 11.1 Å². The molecule has 2 aromatic carbocycles. The van der Waals surface area contributed by atoms with Crippen molar-refractivity contribution in [3.8, 4) is 28.5 Å². The van der Waals surface area contributed by atoms with Gasteiger partial charge in [-0.1, -0.05) is 6.07 Å². The Morgan fingerprint density at radius 1 is 0.893 bits per heavy atom. The van der Waals surface area contributed by atoms with Gasteiger partial charge in [-0.25, -0.2) is 9.97 Å². The third-order valence-corrected chi connectivity index (χ3v) is 4.62. The second-order valence-corrected chi connectivity index (χ2v) is 6.26. The molecule has 0 aliphatic carbocycles. The van der Waals surface area contributed by atoms with Crippen molar-refractivity contribution in [2.45, 2.75) is 13.3 Å². The fourth-order valence-corrected chi connectivity index (χ4v) is 3.07. The van der Waals surface area contributed by atoms with E-state index in [2.05, 4.69) is 21.4 Å². The first-order valence-electron chi connectivity index (χ1n) is 9.08. The molecule has 0 saturated carbocycles. The molecule has 1 N–H and O–H groups in total. The third kappa shape index (κ3) is 4.34. The summed E-state index contributed by atoms with van der Waals surface area (Å²) in [5.74, 6) is 2.94. The normalized spacial score (nSPS) is 10.4. The molecule has 3 rings (SSSR count). The van der Waals surface area contributed by atoms with Gasteiger partial charge in [0.15, 0.2) is 11.5 Å². The van der Waals surface area contributed by atoms with Gasteiger partial charge in [-0.15, -0.1) is 0 Å². The Balaban J connectivity index is 1.67. The Morgan fingerprint density at radius 2 is 1.68 bits per heavy atom. The van der Waals surface area contributed by atoms with Gasteiger partial charge in [0.2, 0.25) is 5.95 Å². The van der Waals surface area contributed by atoms with Crippen LogP contribution in [0.3, 0.4) is 0 Å². The minimum Gasteiger partial charge on any atom is -0.497 e. The van der Waals surface area contributed by atoms with Crippen molar-refractivity contribution in [1.82, 2.24) is 9.97 Å². The quantitative estimate of drug-likeness (QED) is 0.635. The fraction of sp³-hybridized carbons (Fsp3) is 0.273. The third-order valence-electron chi connectivity index (χ3n) is 4.62. The van der Waals surface area contributed by atoms with Crippen molar-refractivity contribution in [2.24, 2.45) is 0 Å². The molecule has 6 nitrogen and oxygen atoms in total. The summed E-state index contributed by atoms with van der Waals surface area (Å²) in [6.07, 6.45) is 2.58. The highest BCUT2D eigenvalue weighted by Gasteiger charge is 2.11. The number of rotatable bonds is 8. The highest BCUT2D eigenvalue weighted by Crippen LogP contribution is 2.32. The molecule has 1 aromatic heterocycles. The minimum absolute atomic E-state index is 0.603. The average molecular weight is 379 g/mol. The second kappa shape index (κ2) is 9.08. The van der Waals surface area contributed by atoms with Gasteiger partial charge in [0.05, 0.1) is 27.0 Å². The molecule has 0 bridgehead atoms. The SMILES string of the molecule is COc1ccc(-c2ccnc(NCCc3ccc(OC)c(OC)c3C)n2)cc1. The Morgan fingerprint density at radius 3 is 2.36 bits per heavy atom. The van der Waals surface area contributed by atoms with E-state index < -0.39 is 0 Å². The Labute approximate surface area is 165 Å². The molecule has 0 radical (unpaired) electrons. The number of hydrogen-bond acceptors (Lipinski definition) is 6. The van der Waals surface area contributed by atoms with Crippen molar-refractivity contribution in [3.05, 3.63) is 59.8 Å². The van der Waals surface area contributed by atoms with Gasteiger partial charge in [0.25, 0.3) is 0 Å². The number of nitrogens with one attached hydrogen (secondary N) is 1. The van der Waals surface area contributed by atoms with Gasteiger partial charge < -0.3 is 19.5 Å². The summed E-state index contributed by atoms with van der Waals surface area (Å²) in [7, 11) is 4.96. The minimum atomic E-state index is 0.603. The zero-order chi connectivity index (χ0) is 19.9. The van der Waals surface area contributed by atoms with Crippen LogP contribution >= 0.6 is 0 Å². The molecular formula is C22H25N3O3. The Hall–Kier alpha value is -3.28. The predicted octanol–water partition coefficient (Wildman–Crippen LogP) is 4.13. The molecule has 0 amide bonds. The molecule has 28 heavy (non-hydrogen) atoms. The van der Waals surface area contributed by atoms with Crippen LogP contribution in [-0.2, 0) is 6.42 Å². The highest BCUT2D eigenvalue weighted by atomic mass is 16.5. The van der Waals surface area contributed by atoms with Crippen LogP contribution in [-0.4, -0.2) is 37.8 Å². The lowest BCUT2D eigenvalue weighted by Gasteiger charge is -2.14. The van der Waals surface area contributed by atoms with Gasteiger partial charge in [-0.05, 0) is 60.9 Å². The first kappa shape index (κ1) is 19.5. The van der Waals surface area contributed by atoms with Crippen molar-refractivity contribution >= 4 is 5.95 Å². The van der Waals surface area contributed by atoms with E-state index in [4.69, 9.17) is 14.2 Å². The number of ether oxygens (including phenoxy) is 3. The maximum atomic E-state index is 5.47. The first-order valence-corrected chi connectivity index (χ1v) is 9.08. The monoisotopic (exact) mass is 379 g/mol. The molecule has 146 valence electrons. The maximum Gasteiger partial charge on any atom is 0.223 e. The zero-order valence-corrected chi connectivity index (χ0v) is 16.7. The number of benzene rings is 2. The number of methoxy groups -OCH3 is 3. The van der Waals surface area contributed by atoms with Crippen LogP contribution < -0.4 is 19.5 Å². The Bertz CT molecular complexity index is 927. The van der Waals surface area contributed by atoms with Gasteiger partial charge >= 0.3 is 0 Å². The average Bonchev–Trinajstić information content (AvgIpc) is 2.75. The lowest BCUT2D eigenvalue weighted by molar-refractivity contribution is 0.352. The molecule has 0 atom stereocenters. The Kier molecular flexibility index (Phi) is 6.32. The summed E-state index contributed by atoms with van der Waals surface area (Å²) in [6.45, 7) is 2.75. The molecule has 0 spiro atoms. The first-order chi connectivity index (χ1) is 13.7. The summed E-state index contributed by atoms with van der Waals surface area (Å²) in [5.41, 5.74) is 4.15. The molecule has 0 aliphatic rings. The lowest BCUT2D eigenvalue weighted by atomic mass is 10.0. The van der Waals surface area contributed by atoms with E-state index in [-0.39, 0.29) is 0 Å². The molecule has 0 fully saturated rings. The summed E-state index contributed by atoms with van der Waals surface area (Å²) < 4.78 is 16.0. The van der Waals surface area contributed by atoms with E-state index >= 15 is 0 Å². The maximum absolute atomic E-state index is 5.47. The smallest absolute Gasteiger partial charge is 0.223 e. The summed E-state index contributed by atoms with van der Waals surface area (Å²) in [6, 6.07) is 13.7. The van der Waals surface area contributed by atoms with E-state index in [1.165, 1.54) is 5.56 Å². The zero-order valence-electron chi connectivity index (χ0n) is 16.7. The van der Waals surface area contributed by atoms with Crippen molar-refractivity contribution in [3.63, 3.8) is 0 Å². The van der Waals surface area contributed by atoms with Gasteiger partial charge in [0, 0.05) is 18.3 Å². The summed E-state index contributed by atoms with van der Waals surface area (Å²) in [4.78, 5) is 8.93. The molecule has 3 aromatic rings. The number of anilines is 1. The van der Waals surface area contributed by atoms with Crippen molar-refractivity contribution in [2.75, 3.05) is 33.2 Å². The topological polar surface area (TPSA) is 65.5 Å². The largest absolute Gasteiger partial charge is 0.497 e. The molecule has 0 saturated heterocycles. The standard InChI is InChI=1S/C22H25N3O3/c1-15-16(7-10-20(27-3)21(15)28-4)11-13-23-22-24-14-12-19(25-22)17-5-8-18(26-2)9-6-17/h5-10,12,14H,11,13H2,1-4H3,(H,23,24,25). The number of hydrogen-bond donors (Lipinski definition) is 1. The van der Waals surface area contributed by atoms with E-state index in [9.17, 15) is 0 Å². The number of nitrogens with zero attached hydrogens (tertiary/aromatic N) is 2. The van der Waals surface area contributed by atoms with Crippen LogP contribution in [0.5, 0.6) is 17.2 Å². The van der Waals surface area contributed by atoms with E-state index in [1.54, 1.807) is 27.5 Å². The number of aromatic nitrogens is 2. The van der Waals surface area contributed by atoms with Gasteiger partial charge in [-0.2, -0.15) is 0 Å². The molecule has 0 aliphatic heterocycles. The lowest BCUT2D eigenvalue weighted by Crippen LogP contribution is -2.09. The van der Waals surface area contributed by atoms with Crippen LogP contribution in [0.4, 0.5) is 5.95 Å². The molecule has 1 heterocycles. The summed E-state index contributed by atoms with van der Waals surface area (Å²) >= 11 is 0. The fourth-order valence-electron chi connectivity index (χ4n) is 3.07.